The molecule has 20 heavy (non-hydrogen) atoms. The molecule has 0 radical (unpaired) electrons. The number of benzene rings is 2. The van der Waals surface area contributed by atoms with Crippen LogP contribution in [0, 0.1) is 0 Å². The third kappa shape index (κ3) is 8.51. The van der Waals surface area contributed by atoms with Gasteiger partial charge in [-0.2, -0.15) is 0 Å². The van der Waals surface area contributed by atoms with Crippen molar-refractivity contribution >= 4 is 43.0 Å². The summed E-state index contributed by atoms with van der Waals surface area (Å²) < 4.78 is 20.6. The second kappa shape index (κ2) is 12.1. The Morgan fingerprint density at radius 1 is 0.700 bits per heavy atom. The Morgan fingerprint density at radius 2 is 0.950 bits per heavy atom. The Labute approximate surface area is 128 Å². The van der Waals surface area contributed by atoms with Crippen LogP contribution in [-0.2, 0) is 9.13 Å². The number of hydrogen-bond donors (Lipinski definition) is 0. The summed E-state index contributed by atoms with van der Waals surface area (Å²) in [6.45, 7) is 0. The molecule has 0 saturated carbocycles. The molecular weight excluding hydrogens is 309 g/mol. The SMILES string of the molecule is O=[PH]([O-])c1ccccc1.O=[PH]([O-])c1ccccc1.[CH3][Al+2]. The van der Waals surface area contributed by atoms with Crippen molar-refractivity contribution < 1.29 is 18.9 Å². The molecule has 2 unspecified atom stereocenters. The van der Waals surface area contributed by atoms with Crippen LogP contribution in [0.5, 0.6) is 0 Å². The van der Waals surface area contributed by atoms with Crippen LogP contribution < -0.4 is 20.4 Å². The number of hydrogen-bond acceptors (Lipinski definition) is 4. The van der Waals surface area contributed by atoms with E-state index in [9.17, 15) is 18.9 Å². The van der Waals surface area contributed by atoms with Crippen LogP contribution in [-0.4, -0.2) is 16.3 Å². The molecule has 0 N–H and O–H groups in total. The van der Waals surface area contributed by atoms with E-state index in [4.69, 9.17) is 0 Å². The van der Waals surface area contributed by atoms with Crippen LogP contribution in [0.1, 0.15) is 0 Å². The van der Waals surface area contributed by atoms with Crippen molar-refractivity contribution in [1.82, 2.24) is 0 Å². The molecular formula is C13H15AlO4P2. The molecule has 0 saturated heterocycles. The molecule has 0 amide bonds. The van der Waals surface area contributed by atoms with Crippen molar-refractivity contribution in [2.24, 2.45) is 0 Å². The van der Waals surface area contributed by atoms with Gasteiger partial charge in [-0.05, 0) is 10.6 Å². The van der Waals surface area contributed by atoms with Gasteiger partial charge in [-0.3, -0.25) is 0 Å². The summed E-state index contributed by atoms with van der Waals surface area (Å²) >= 11 is 2.42. The van der Waals surface area contributed by atoms with E-state index in [1.807, 2.05) is 5.79 Å². The first-order valence-corrected chi connectivity index (χ1v) is 9.50. The van der Waals surface area contributed by atoms with Crippen LogP contribution in [0.4, 0.5) is 0 Å². The maximum absolute atomic E-state index is 10.3. The summed E-state index contributed by atoms with van der Waals surface area (Å²) in [5, 5.41) is 0.810. The summed E-state index contributed by atoms with van der Waals surface area (Å²) in [4.78, 5) is 20.6. The van der Waals surface area contributed by atoms with Gasteiger partial charge in [0, 0.05) is 16.1 Å². The van der Waals surface area contributed by atoms with E-state index in [1.165, 1.54) is 0 Å². The molecule has 0 aliphatic carbocycles. The minimum absolute atomic E-state index is 0.405. The van der Waals surface area contributed by atoms with E-state index in [0.29, 0.717) is 10.6 Å². The predicted molar refractivity (Wildman–Crippen MR) is 81.8 cm³/mol. The first kappa shape index (κ1) is 19.4. The summed E-state index contributed by atoms with van der Waals surface area (Å²) in [6, 6.07) is 16.7. The standard InChI is InChI=1S/2C6H7O2P.CH3.Al/c2*7-9(8)6-4-2-1-3-5-6;;/h2*1-5,9H,(H,7,8);1H3;/q;;;+2/p-2. The Balaban J connectivity index is 0.000000321. The van der Waals surface area contributed by atoms with Gasteiger partial charge in [-0.15, -0.1) is 0 Å². The summed E-state index contributed by atoms with van der Waals surface area (Å²) in [5.41, 5.74) is 0. The van der Waals surface area contributed by atoms with Crippen LogP contribution in [0.25, 0.3) is 0 Å². The Hall–Kier alpha value is -0.648. The van der Waals surface area contributed by atoms with Gasteiger partial charge in [0.15, 0.2) is 0 Å². The maximum atomic E-state index is 10.3. The molecule has 104 valence electrons. The topological polar surface area (TPSA) is 80.3 Å². The van der Waals surface area contributed by atoms with Gasteiger partial charge in [0.2, 0.25) is 0 Å². The van der Waals surface area contributed by atoms with Crippen LogP contribution >= 0.6 is 16.1 Å². The van der Waals surface area contributed by atoms with Crippen LogP contribution in [0.2, 0.25) is 5.79 Å². The van der Waals surface area contributed by atoms with Gasteiger partial charge in [0.05, 0.1) is 0 Å². The molecule has 4 nitrogen and oxygen atoms in total. The van der Waals surface area contributed by atoms with E-state index in [-0.39, 0.29) is 0 Å². The summed E-state index contributed by atoms with van der Waals surface area (Å²) in [7, 11) is -5.42. The monoisotopic (exact) mass is 324 g/mol. The van der Waals surface area contributed by atoms with Gasteiger partial charge in [-0.25, -0.2) is 0 Å². The molecule has 2 aromatic carbocycles. The van der Waals surface area contributed by atoms with Gasteiger partial charge in [0.25, 0.3) is 0 Å². The summed E-state index contributed by atoms with van der Waals surface area (Å²) in [5.74, 6) is 1.92. The third-order valence-electron chi connectivity index (χ3n) is 2.02. The minimum atomic E-state index is -2.71. The molecule has 0 spiro atoms. The Bertz CT molecular complexity index is 471. The van der Waals surface area contributed by atoms with E-state index >= 15 is 0 Å². The van der Waals surface area contributed by atoms with E-state index in [1.54, 1.807) is 60.7 Å². The van der Waals surface area contributed by atoms with Gasteiger partial charge in [0.1, 0.15) is 0 Å². The molecule has 0 heterocycles. The zero-order valence-electron chi connectivity index (χ0n) is 11.0. The second-order valence-electron chi connectivity index (χ2n) is 3.31. The first-order valence-electron chi connectivity index (χ1n) is 5.72. The third-order valence-corrected chi connectivity index (χ3v) is 3.63. The van der Waals surface area contributed by atoms with Crippen molar-refractivity contribution in [1.29, 1.82) is 0 Å². The van der Waals surface area contributed by atoms with Gasteiger partial charge < -0.3 is 18.9 Å². The predicted octanol–water partition coefficient (Wildman–Crippen LogP) is 0.497. The van der Waals surface area contributed by atoms with Crippen molar-refractivity contribution in [3.05, 3.63) is 60.7 Å². The van der Waals surface area contributed by atoms with Crippen molar-refractivity contribution in [2.75, 3.05) is 0 Å². The molecule has 0 bridgehead atoms. The Morgan fingerprint density at radius 3 is 1.10 bits per heavy atom. The van der Waals surface area contributed by atoms with Crippen LogP contribution in [0.3, 0.4) is 0 Å². The zero-order valence-corrected chi connectivity index (χ0v) is 14.1. The molecule has 7 heteroatoms. The van der Waals surface area contributed by atoms with Gasteiger partial charge >= 0.3 is 22.1 Å². The normalized spacial score (nSPS) is 12.1. The average Bonchev–Trinajstić information content (AvgIpc) is 2.51. The molecule has 0 aromatic heterocycles. The fraction of sp³-hybridized carbons (Fsp3) is 0.0769. The molecule has 0 aliphatic rings. The zero-order chi connectivity index (χ0) is 15.4. The van der Waals surface area contributed by atoms with Crippen LogP contribution in [0.15, 0.2) is 60.7 Å². The Kier molecular flexibility index (Phi) is 11.7. The first-order chi connectivity index (χ1) is 9.61. The fourth-order valence-electron chi connectivity index (χ4n) is 1.15. The fourth-order valence-corrected chi connectivity index (χ4v) is 2.08. The molecule has 2 rings (SSSR count). The van der Waals surface area contributed by atoms with E-state index in [0.717, 1.165) is 0 Å². The van der Waals surface area contributed by atoms with Crippen molar-refractivity contribution in [3.63, 3.8) is 0 Å². The molecule has 0 fully saturated rings. The molecule has 2 aromatic rings. The number of rotatable bonds is 2. The van der Waals surface area contributed by atoms with E-state index < -0.39 is 16.1 Å². The van der Waals surface area contributed by atoms with Crippen molar-refractivity contribution in [2.45, 2.75) is 5.79 Å². The van der Waals surface area contributed by atoms with Gasteiger partial charge in [-0.1, -0.05) is 60.7 Å². The second-order valence-corrected chi connectivity index (χ2v) is 5.61. The molecule has 0 aliphatic heterocycles. The summed E-state index contributed by atoms with van der Waals surface area (Å²) in [6.07, 6.45) is 0. The van der Waals surface area contributed by atoms with E-state index in [2.05, 4.69) is 16.3 Å². The average molecular weight is 324 g/mol. The van der Waals surface area contributed by atoms with Crippen molar-refractivity contribution in [3.8, 4) is 0 Å². The quantitative estimate of drug-likeness (QED) is 0.595. The molecule has 2 atom stereocenters.